The molecular weight excluding hydrogens is 178 g/mol. The van der Waals surface area contributed by atoms with Crippen LogP contribution in [0.3, 0.4) is 0 Å². The fraction of sp³-hybridized carbons (Fsp3) is 0.909. The van der Waals surface area contributed by atoms with Crippen molar-refractivity contribution in [2.24, 2.45) is 11.8 Å². The van der Waals surface area contributed by atoms with Crippen LogP contribution in [0, 0.1) is 11.8 Å². The topological polar surface area (TPSA) is 40.5 Å². The molecule has 0 radical (unpaired) electrons. The normalized spacial score (nSPS) is 39.6. The Bertz CT molecular complexity index is 219. The van der Waals surface area contributed by atoms with Gasteiger partial charge in [-0.15, -0.1) is 0 Å². The van der Waals surface area contributed by atoms with Crippen LogP contribution < -0.4 is 0 Å². The Morgan fingerprint density at radius 3 is 2.71 bits per heavy atom. The van der Waals surface area contributed by atoms with Crippen LogP contribution in [0.5, 0.6) is 0 Å². The SMILES string of the molecule is CC(O)CC1CN2CCC(CC2)C1=O. The summed E-state index contributed by atoms with van der Waals surface area (Å²) in [6, 6.07) is 0. The Kier molecular flexibility index (Phi) is 2.88. The van der Waals surface area contributed by atoms with Crippen molar-refractivity contribution in [3.8, 4) is 0 Å². The van der Waals surface area contributed by atoms with E-state index in [2.05, 4.69) is 4.90 Å². The van der Waals surface area contributed by atoms with Crippen LogP contribution in [0.4, 0.5) is 0 Å². The highest BCUT2D eigenvalue weighted by Gasteiger charge is 2.36. The molecule has 3 nitrogen and oxygen atoms in total. The standard InChI is InChI=1S/C11H19NO2/c1-8(13)6-10-7-12-4-2-9(3-5-12)11(10)14/h8-10,13H,2-7H2,1H3. The molecule has 2 unspecified atom stereocenters. The summed E-state index contributed by atoms with van der Waals surface area (Å²) in [6.45, 7) is 4.80. The number of fused-ring (bicyclic) bond motifs is 4. The van der Waals surface area contributed by atoms with E-state index in [4.69, 9.17) is 0 Å². The highest BCUT2D eigenvalue weighted by molar-refractivity contribution is 5.84. The molecule has 3 aliphatic rings. The van der Waals surface area contributed by atoms with Gasteiger partial charge in [0.15, 0.2) is 0 Å². The van der Waals surface area contributed by atoms with Crippen LogP contribution in [-0.2, 0) is 4.79 Å². The van der Waals surface area contributed by atoms with Crippen LogP contribution in [0.15, 0.2) is 0 Å². The van der Waals surface area contributed by atoms with Crippen molar-refractivity contribution >= 4 is 5.78 Å². The van der Waals surface area contributed by atoms with E-state index in [1.54, 1.807) is 6.92 Å². The zero-order valence-electron chi connectivity index (χ0n) is 8.78. The molecule has 0 aromatic heterocycles. The number of ketones is 1. The van der Waals surface area contributed by atoms with Gasteiger partial charge in [-0.2, -0.15) is 0 Å². The minimum absolute atomic E-state index is 0.0880. The molecule has 2 bridgehead atoms. The van der Waals surface area contributed by atoms with Gasteiger partial charge in [-0.1, -0.05) is 0 Å². The Morgan fingerprint density at radius 2 is 2.14 bits per heavy atom. The number of hydrogen-bond donors (Lipinski definition) is 1. The molecule has 14 heavy (non-hydrogen) atoms. The maximum Gasteiger partial charge on any atom is 0.140 e. The first-order valence-electron chi connectivity index (χ1n) is 5.61. The van der Waals surface area contributed by atoms with Crippen LogP contribution >= 0.6 is 0 Å². The van der Waals surface area contributed by atoms with Crippen LogP contribution in [-0.4, -0.2) is 41.5 Å². The Hall–Kier alpha value is -0.410. The Morgan fingerprint density at radius 1 is 1.50 bits per heavy atom. The van der Waals surface area contributed by atoms with Crippen LogP contribution in [0.25, 0.3) is 0 Å². The Labute approximate surface area is 85.1 Å². The number of nitrogens with zero attached hydrogens (tertiary/aromatic N) is 1. The summed E-state index contributed by atoms with van der Waals surface area (Å²) >= 11 is 0. The zero-order valence-corrected chi connectivity index (χ0v) is 8.78. The molecule has 80 valence electrons. The first-order valence-corrected chi connectivity index (χ1v) is 5.61. The lowest BCUT2D eigenvalue weighted by molar-refractivity contribution is -0.126. The van der Waals surface area contributed by atoms with Gasteiger partial charge in [0.25, 0.3) is 0 Å². The highest BCUT2D eigenvalue weighted by atomic mass is 16.3. The Balaban J connectivity index is 2.06. The van der Waals surface area contributed by atoms with Crippen LogP contribution in [0.1, 0.15) is 26.2 Å². The van der Waals surface area contributed by atoms with E-state index < -0.39 is 0 Å². The van der Waals surface area contributed by atoms with Crippen molar-refractivity contribution in [3.63, 3.8) is 0 Å². The highest BCUT2D eigenvalue weighted by Crippen LogP contribution is 2.29. The summed E-state index contributed by atoms with van der Waals surface area (Å²) in [5, 5.41) is 9.34. The van der Waals surface area contributed by atoms with Gasteiger partial charge in [-0.05, 0) is 39.3 Å². The minimum atomic E-state index is -0.345. The molecule has 0 aromatic rings. The number of carbonyl (C=O) groups excluding carboxylic acids is 1. The van der Waals surface area contributed by atoms with Gasteiger partial charge in [0, 0.05) is 18.4 Å². The monoisotopic (exact) mass is 197 g/mol. The van der Waals surface area contributed by atoms with E-state index in [1.807, 2.05) is 0 Å². The molecule has 0 spiro atoms. The lowest BCUT2D eigenvalue weighted by Crippen LogP contribution is -2.32. The molecule has 3 rings (SSSR count). The largest absolute Gasteiger partial charge is 0.393 e. The molecule has 0 aromatic carbocycles. The van der Waals surface area contributed by atoms with E-state index in [0.29, 0.717) is 12.2 Å². The van der Waals surface area contributed by atoms with Gasteiger partial charge in [0.05, 0.1) is 6.10 Å². The van der Waals surface area contributed by atoms with Crippen molar-refractivity contribution in [1.82, 2.24) is 4.90 Å². The number of rotatable bonds is 2. The number of Topliss-reactive ketones (excluding diaryl/α,β-unsaturated/α-hetero) is 1. The zero-order chi connectivity index (χ0) is 10.1. The maximum absolute atomic E-state index is 12.0. The minimum Gasteiger partial charge on any atom is -0.393 e. The number of piperidine rings is 1. The molecule has 1 N–H and O–H groups in total. The predicted octanol–water partition coefficient (Wildman–Crippen LogP) is 0.668. The summed E-state index contributed by atoms with van der Waals surface area (Å²) in [6.07, 6.45) is 2.37. The fourth-order valence-corrected chi connectivity index (χ4v) is 2.74. The smallest absolute Gasteiger partial charge is 0.140 e. The first kappa shape index (κ1) is 10.1. The average Bonchev–Trinajstić information content (AvgIpc) is 2.36. The van der Waals surface area contributed by atoms with Crippen molar-refractivity contribution in [1.29, 1.82) is 0 Å². The summed E-state index contributed by atoms with van der Waals surface area (Å²) in [4.78, 5) is 14.4. The molecule has 0 aliphatic carbocycles. The lowest BCUT2D eigenvalue weighted by Gasteiger charge is -2.25. The van der Waals surface area contributed by atoms with E-state index in [-0.39, 0.29) is 17.9 Å². The number of aliphatic hydroxyl groups is 1. The van der Waals surface area contributed by atoms with Crippen molar-refractivity contribution in [3.05, 3.63) is 0 Å². The molecule has 0 amide bonds. The summed E-state index contributed by atoms with van der Waals surface area (Å²) < 4.78 is 0. The molecule has 3 heteroatoms. The molecule has 3 fully saturated rings. The van der Waals surface area contributed by atoms with Gasteiger partial charge >= 0.3 is 0 Å². The van der Waals surface area contributed by atoms with Crippen molar-refractivity contribution in [2.45, 2.75) is 32.3 Å². The molecular formula is C11H19NO2. The summed E-state index contributed by atoms with van der Waals surface area (Å²) in [5.74, 6) is 0.786. The van der Waals surface area contributed by atoms with Crippen molar-refractivity contribution in [2.75, 3.05) is 19.6 Å². The van der Waals surface area contributed by atoms with E-state index in [0.717, 1.165) is 32.5 Å². The van der Waals surface area contributed by atoms with Crippen molar-refractivity contribution < 1.29 is 9.90 Å². The maximum atomic E-state index is 12.0. The molecule has 3 saturated heterocycles. The third kappa shape index (κ3) is 1.98. The van der Waals surface area contributed by atoms with Gasteiger partial charge in [0.1, 0.15) is 5.78 Å². The predicted molar refractivity (Wildman–Crippen MR) is 54.0 cm³/mol. The van der Waals surface area contributed by atoms with Gasteiger partial charge in [-0.3, -0.25) is 4.79 Å². The number of carbonyl (C=O) groups is 1. The molecule has 2 atom stereocenters. The second-order valence-corrected chi connectivity index (χ2v) is 4.76. The summed E-state index contributed by atoms with van der Waals surface area (Å²) in [7, 11) is 0. The fourth-order valence-electron chi connectivity index (χ4n) is 2.74. The van der Waals surface area contributed by atoms with Gasteiger partial charge in [0.2, 0.25) is 0 Å². The first-order chi connectivity index (χ1) is 6.66. The van der Waals surface area contributed by atoms with Gasteiger partial charge < -0.3 is 10.0 Å². The number of aliphatic hydroxyl groups excluding tert-OH is 1. The summed E-state index contributed by atoms with van der Waals surface area (Å²) in [5.41, 5.74) is 0. The van der Waals surface area contributed by atoms with E-state index in [1.165, 1.54) is 0 Å². The molecule has 3 heterocycles. The number of hydrogen-bond acceptors (Lipinski definition) is 3. The molecule has 0 saturated carbocycles. The van der Waals surface area contributed by atoms with E-state index >= 15 is 0 Å². The third-order valence-electron chi connectivity index (χ3n) is 3.50. The second-order valence-electron chi connectivity index (χ2n) is 4.76. The lowest BCUT2D eigenvalue weighted by atomic mass is 9.87. The second kappa shape index (κ2) is 3.99. The quantitative estimate of drug-likeness (QED) is 0.707. The molecule has 3 aliphatic heterocycles. The van der Waals surface area contributed by atoms with E-state index in [9.17, 15) is 9.90 Å². The van der Waals surface area contributed by atoms with Gasteiger partial charge in [-0.25, -0.2) is 0 Å². The average molecular weight is 197 g/mol. The van der Waals surface area contributed by atoms with Crippen LogP contribution in [0.2, 0.25) is 0 Å². The third-order valence-corrected chi connectivity index (χ3v) is 3.50.